The van der Waals surface area contributed by atoms with Gasteiger partial charge in [0.2, 0.25) is 11.8 Å². The van der Waals surface area contributed by atoms with Gasteiger partial charge >= 0.3 is 0 Å². The van der Waals surface area contributed by atoms with Crippen molar-refractivity contribution in [2.45, 2.75) is 44.6 Å². The molecule has 1 aromatic carbocycles. The Bertz CT molecular complexity index is 1110. The molecule has 1 saturated carbocycles. The normalized spacial score (nSPS) is 22.6. The fourth-order valence-corrected chi connectivity index (χ4v) is 4.59. The second-order valence-corrected chi connectivity index (χ2v) is 8.67. The van der Waals surface area contributed by atoms with E-state index in [9.17, 15) is 14.0 Å². The second-order valence-electron chi connectivity index (χ2n) is 8.67. The summed E-state index contributed by atoms with van der Waals surface area (Å²) in [6, 6.07) is 7.11. The third-order valence-corrected chi connectivity index (χ3v) is 6.35. The topological polar surface area (TPSA) is 131 Å². The standard InChI is InChI=1S/C24H26FN5O4/c25-19-9-16(12-26)8-18(10-19)21-6-7-34-30(21)24(32)17-3-1-2-15(4-5-17)13-33-22-11-20(23(27)31)28-14-29-22/h8-11,14-15,17,21H,1-7,13H2,(H2,27,31)/t15?,17?,21-/m0/s1. The lowest BCUT2D eigenvalue weighted by molar-refractivity contribution is -0.182. The van der Waals surface area contributed by atoms with Gasteiger partial charge in [0, 0.05) is 18.4 Å². The number of hydrogen-bond acceptors (Lipinski definition) is 7. The molecule has 2 fully saturated rings. The summed E-state index contributed by atoms with van der Waals surface area (Å²) in [7, 11) is 0. The van der Waals surface area contributed by atoms with Crippen LogP contribution in [0.4, 0.5) is 4.39 Å². The van der Waals surface area contributed by atoms with Crippen LogP contribution in [0.5, 0.6) is 5.88 Å². The summed E-state index contributed by atoms with van der Waals surface area (Å²) >= 11 is 0. The van der Waals surface area contributed by atoms with E-state index in [0.717, 1.165) is 25.7 Å². The maximum absolute atomic E-state index is 14.0. The number of hydrogen-bond donors (Lipinski definition) is 1. The van der Waals surface area contributed by atoms with Gasteiger partial charge in [-0.2, -0.15) is 5.26 Å². The number of primary amides is 1. The van der Waals surface area contributed by atoms with Crippen molar-refractivity contribution in [3.63, 3.8) is 0 Å². The van der Waals surface area contributed by atoms with E-state index in [0.29, 0.717) is 37.5 Å². The average molecular weight is 468 g/mol. The lowest BCUT2D eigenvalue weighted by Gasteiger charge is -2.27. The smallest absolute Gasteiger partial charge is 0.267 e. The van der Waals surface area contributed by atoms with Crippen LogP contribution in [0.25, 0.3) is 0 Å². The molecule has 1 aliphatic heterocycles. The molecule has 178 valence electrons. The molecule has 0 bridgehead atoms. The number of halogens is 1. The zero-order chi connectivity index (χ0) is 24.1. The monoisotopic (exact) mass is 467 g/mol. The summed E-state index contributed by atoms with van der Waals surface area (Å²) in [6.07, 6.45) is 5.75. The van der Waals surface area contributed by atoms with Crippen LogP contribution in [-0.4, -0.2) is 40.1 Å². The van der Waals surface area contributed by atoms with Crippen molar-refractivity contribution in [2.24, 2.45) is 17.6 Å². The van der Waals surface area contributed by atoms with E-state index in [2.05, 4.69) is 9.97 Å². The average Bonchev–Trinajstić information content (AvgIpc) is 3.21. The third kappa shape index (κ3) is 5.48. The van der Waals surface area contributed by atoms with E-state index >= 15 is 0 Å². The SMILES string of the molecule is N#Cc1cc(F)cc([C@@H]2CCON2C(=O)C2CCCC(COc3cc(C(N)=O)ncn3)CC2)c1. The number of carbonyl (C=O) groups excluding carboxylic acids is 2. The molecule has 2 heterocycles. The van der Waals surface area contributed by atoms with E-state index in [1.54, 1.807) is 6.07 Å². The number of amides is 2. The summed E-state index contributed by atoms with van der Waals surface area (Å²) in [5.41, 5.74) is 6.13. The van der Waals surface area contributed by atoms with Gasteiger partial charge in [-0.3, -0.25) is 14.4 Å². The molecule has 2 amide bonds. The maximum atomic E-state index is 14.0. The van der Waals surface area contributed by atoms with Crippen LogP contribution in [0.1, 0.15) is 66.2 Å². The molecule has 2 unspecified atom stereocenters. The maximum Gasteiger partial charge on any atom is 0.267 e. The first kappa shape index (κ1) is 23.6. The number of carbonyl (C=O) groups is 2. The number of ether oxygens (including phenoxy) is 1. The van der Waals surface area contributed by atoms with Crippen LogP contribution >= 0.6 is 0 Å². The zero-order valence-corrected chi connectivity index (χ0v) is 18.7. The van der Waals surface area contributed by atoms with E-state index in [1.165, 1.54) is 29.6 Å². The van der Waals surface area contributed by atoms with E-state index in [-0.39, 0.29) is 29.0 Å². The molecule has 34 heavy (non-hydrogen) atoms. The summed E-state index contributed by atoms with van der Waals surface area (Å²) in [6.45, 7) is 0.781. The van der Waals surface area contributed by atoms with Gasteiger partial charge in [-0.05, 0) is 55.4 Å². The Morgan fingerprint density at radius 2 is 2.03 bits per heavy atom. The van der Waals surface area contributed by atoms with Crippen molar-refractivity contribution in [2.75, 3.05) is 13.2 Å². The quantitative estimate of drug-likeness (QED) is 0.646. The van der Waals surface area contributed by atoms with Crippen molar-refractivity contribution in [1.29, 1.82) is 5.26 Å². The number of nitriles is 1. The highest BCUT2D eigenvalue weighted by Crippen LogP contribution is 2.36. The number of nitrogens with zero attached hydrogens (tertiary/aromatic N) is 4. The molecule has 2 aromatic rings. The number of benzene rings is 1. The minimum Gasteiger partial charge on any atom is -0.477 e. The highest BCUT2D eigenvalue weighted by atomic mass is 19.1. The first-order valence-corrected chi connectivity index (χ1v) is 11.4. The van der Waals surface area contributed by atoms with Crippen LogP contribution in [0, 0.1) is 29.0 Å². The highest BCUT2D eigenvalue weighted by Gasteiger charge is 2.36. The van der Waals surface area contributed by atoms with Gasteiger partial charge in [0.25, 0.3) is 5.91 Å². The molecule has 2 N–H and O–H groups in total. The number of hydroxylamine groups is 2. The summed E-state index contributed by atoms with van der Waals surface area (Å²) in [4.78, 5) is 38.1. The number of nitrogens with two attached hydrogens (primary N) is 1. The molecule has 9 nitrogen and oxygen atoms in total. The predicted octanol–water partition coefficient (Wildman–Crippen LogP) is 3.07. The van der Waals surface area contributed by atoms with Crippen molar-refractivity contribution in [3.05, 3.63) is 53.2 Å². The second kappa shape index (κ2) is 10.6. The Hall–Kier alpha value is -3.58. The fourth-order valence-electron chi connectivity index (χ4n) is 4.59. The van der Waals surface area contributed by atoms with Crippen LogP contribution in [-0.2, 0) is 9.63 Å². The van der Waals surface area contributed by atoms with Crippen LogP contribution in [0.2, 0.25) is 0 Å². The van der Waals surface area contributed by atoms with Crippen molar-refractivity contribution in [3.8, 4) is 11.9 Å². The van der Waals surface area contributed by atoms with E-state index < -0.39 is 17.8 Å². The molecule has 4 rings (SSSR count). The van der Waals surface area contributed by atoms with Gasteiger partial charge in [-0.25, -0.2) is 19.4 Å². The molecule has 3 atom stereocenters. The number of rotatable bonds is 6. The lowest BCUT2D eigenvalue weighted by atomic mass is 9.96. The van der Waals surface area contributed by atoms with Crippen LogP contribution < -0.4 is 10.5 Å². The highest BCUT2D eigenvalue weighted by molar-refractivity contribution is 5.90. The molecule has 0 spiro atoms. The molecule has 1 aromatic heterocycles. The van der Waals surface area contributed by atoms with Gasteiger partial charge < -0.3 is 10.5 Å². The Morgan fingerprint density at radius 3 is 2.82 bits per heavy atom. The van der Waals surface area contributed by atoms with Gasteiger partial charge in [0.1, 0.15) is 17.8 Å². The fraction of sp³-hybridized carbons (Fsp3) is 0.458. The molecular formula is C24H26FN5O4. The molecule has 1 aliphatic carbocycles. The Morgan fingerprint density at radius 1 is 1.18 bits per heavy atom. The predicted molar refractivity (Wildman–Crippen MR) is 117 cm³/mol. The minimum atomic E-state index is -0.646. The van der Waals surface area contributed by atoms with Crippen LogP contribution in [0.15, 0.2) is 30.6 Å². The van der Waals surface area contributed by atoms with Gasteiger partial charge in [0.05, 0.1) is 30.9 Å². The van der Waals surface area contributed by atoms with Gasteiger partial charge in [0.15, 0.2) is 0 Å². The van der Waals surface area contributed by atoms with Crippen molar-refractivity contribution in [1.82, 2.24) is 15.0 Å². The zero-order valence-electron chi connectivity index (χ0n) is 18.7. The molecular weight excluding hydrogens is 441 g/mol. The van der Waals surface area contributed by atoms with Gasteiger partial charge in [-0.15, -0.1) is 0 Å². The molecule has 1 saturated heterocycles. The van der Waals surface area contributed by atoms with Crippen LogP contribution in [0.3, 0.4) is 0 Å². The lowest BCUT2D eigenvalue weighted by Crippen LogP contribution is -2.35. The number of aromatic nitrogens is 2. The Kier molecular flexibility index (Phi) is 7.33. The summed E-state index contributed by atoms with van der Waals surface area (Å²) < 4.78 is 19.7. The minimum absolute atomic E-state index is 0.0943. The molecule has 2 aliphatic rings. The Balaban J connectivity index is 1.36. The third-order valence-electron chi connectivity index (χ3n) is 6.35. The first-order valence-electron chi connectivity index (χ1n) is 11.4. The largest absolute Gasteiger partial charge is 0.477 e. The Labute approximate surface area is 196 Å². The molecule has 0 radical (unpaired) electrons. The summed E-state index contributed by atoms with van der Waals surface area (Å²) in [5, 5.41) is 10.5. The first-order chi connectivity index (χ1) is 16.4. The van der Waals surface area contributed by atoms with E-state index in [4.69, 9.17) is 20.6 Å². The summed E-state index contributed by atoms with van der Waals surface area (Å²) in [5.74, 6) is -0.920. The van der Waals surface area contributed by atoms with Crippen molar-refractivity contribution < 1.29 is 23.6 Å². The molecule has 10 heteroatoms. The van der Waals surface area contributed by atoms with E-state index in [1.807, 2.05) is 6.07 Å². The van der Waals surface area contributed by atoms with Crippen molar-refractivity contribution >= 4 is 11.8 Å². The van der Waals surface area contributed by atoms with Gasteiger partial charge in [-0.1, -0.05) is 6.42 Å².